The minimum atomic E-state index is -0.396. The fourth-order valence-corrected chi connectivity index (χ4v) is 2.80. The normalized spacial score (nSPS) is 18.8. The minimum absolute atomic E-state index is 0.0272. The molecule has 1 atom stereocenters. The maximum atomic E-state index is 11.1. The van der Waals surface area contributed by atoms with Crippen molar-refractivity contribution in [2.45, 2.75) is 26.3 Å². The second-order valence-electron chi connectivity index (χ2n) is 4.95. The van der Waals surface area contributed by atoms with Crippen molar-refractivity contribution in [3.8, 4) is 0 Å². The van der Waals surface area contributed by atoms with Gasteiger partial charge in [0.05, 0.1) is 4.92 Å². The molecule has 1 fully saturated rings. The number of hydrogen-bond donors (Lipinski definition) is 1. The third-order valence-electron chi connectivity index (χ3n) is 3.86. The van der Waals surface area contributed by atoms with Gasteiger partial charge in [0.2, 0.25) is 5.82 Å². The zero-order valence-electron chi connectivity index (χ0n) is 12.0. The highest BCUT2D eigenvalue weighted by atomic mass is 16.6. The maximum absolute atomic E-state index is 11.1. The monoisotopic (exact) mass is 279 g/mol. The number of likely N-dealkylation sites (N-methyl/N-ethyl adjacent to an activating group) is 1. The molecule has 1 unspecified atom stereocenters. The van der Waals surface area contributed by atoms with Crippen LogP contribution in [0.25, 0.3) is 0 Å². The van der Waals surface area contributed by atoms with Crippen LogP contribution in [0.1, 0.15) is 20.3 Å². The number of aromatic nitrogens is 1. The van der Waals surface area contributed by atoms with Crippen LogP contribution in [0.5, 0.6) is 0 Å². The first-order valence-electron chi connectivity index (χ1n) is 6.96. The van der Waals surface area contributed by atoms with Gasteiger partial charge in [0, 0.05) is 25.2 Å². The number of nitro groups is 1. The van der Waals surface area contributed by atoms with E-state index in [9.17, 15) is 10.1 Å². The average Bonchev–Trinajstić information content (AvgIpc) is 2.89. The Balaban J connectivity index is 2.21. The zero-order valence-corrected chi connectivity index (χ0v) is 12.0. The van der Waals surface area contributed by atoms with Crippen molar-refractivity contribution in [3.05, 3.63) is 22.2 Å². The Morgan fingerprint density at radius 2 is 2.20 bits per heavy atom. The Labute approximate surface area is 118 Å². The summed E-state index contributed by atoms with van der Waals surface area (Å²) in [5.74, 6) is 0.710. The molecule has 0 saturated carbocycles. The molecule has 7 heteroatoms. The Morgan fingerprint density at radius 1 is 1.50 bits per heavy atom. The van der Waals surface area contributed by atoms with E-state index in [0.717, 1.165) is 32.6 Å². The van der Waals surface area contributed by atoms with Crippen LogP contribution in [0.2, 0.25) is 0 Å². The van der Waals surface area contributed by atoms with Gasteiger partial charge in [0.15, 0.2) is 0 Å². The first-order valence-corrected chi connectivity index (χ1v) is 6.96. The summed E-state index contributed by atoms with van der Waals surface area (Å²) in [6, 6.07) is 3.33. The van der Waals surface area contributed by atoms with Crippen LogP contribution < -0.4 is 10.6 Å². The molecule has 2 rings (SSSR count). The van der Waals surface area contributed by atoms with Crippen molar-refractivity contribution in [1.82, 2.24) is 9.88 Å². The molecule has 0 aromatic carbocycles. The van der Waals surface area contributed by atoms with Gasteiger partial charge >= 0.3 is 5.69 Å². The molecular weight excluding hydrogens is 258 g/mol. The average molecular weight is 279 g/mol. The zero-order chi connectivity index (χ0) is 14.7. The van der Waals surface area contributed by atoms with Gasteiger partial charge < -0.3 is 10.6 Å². The molecule has 110 valence electrons. The highest BCUT2D eigenvalue weighted by Crippen LogP contribution is 2.30. The molecule has 2 N–H and O–H groups in total. The van der Waals surface area contributed by atoms with E-state index in [1.165, 1.54) is 12.1 Å². The fourth-order valence-electron chi connectivity index (χ4n) is 2.80. The Bertz CT molecular complexity index is 490. The van der Waals surface area contributed by atoms with Crippen LogP contribution in [0, 0.1) is 10.1 Å². The molecule has 7 nitrogen and oxygen atoms in total. The van der Waals surface area contributed by atoms with E-state index in [2.05, 4.69) is 23.7 Å². The fraction of sp³-hybridized carbons (Fsp3) is 0.615. The number of nitrogens with two attached hydrogens (primary N) is 1. The van der Waals surface area contributed by atoms with Crippen molar-refractivity contribution in [3.63, 3.8) is 0 Å². The van der Waals surface area contributed by atoms with E-state index >= 15 is 0 Å². The largest absolute Gasteiger partial charge is 0.384 e. The Morgan fingerprint density at radius 3 is 2.80 bits per heavy atom. The molecule has 1 saturated heterocycles. The van der Waals surface area contributed by atoms with Crippen molar-refractivity contribution in [1.29, 1.82) is 0 Å². The van der Waals surface area contributed by atoms with Crippen LogP contribution in [-0.4, -0.2) is 47.0 Å². The predicted octanol–water partition coefficient (Wildman–Crippen LogP) is 1.49. The second-order valence-corrected chi connectivity index (χ2v) is 4.95. The van der Waals surface area contributed by atoms with Crippen molar-refractivity contribution in [2.24, 2.45) is 0 Å². The summed E-state index contributed by atoms with van der Waals surface area (Å²) in [7, 11) is 0. The quantitative estimate of drug-likeness (QED) is 0.649. The standard InChI is InChI=1S/C13H21N5O2/c1-3-16(4-2)10-7-8-17(9-10)13-11(18(19)20)5-6-12(14)15-13/h5-6,10H,3-4,7-9H2,1-2H3,(H2,14,15). The van der Waals surface area contributed by atoms with Gasteiger partial charge in [-0.25, -0.2) is 4.98 Å². The molecule has 1 aliphatic heterocycles. The third-order valence-corrected chi connectivity index (χ3v) is 3.86. The van der Waals surface area contributed by atoms with Gasteiger partial charge in [0.1, 0.15) is 5.82 Å². The second kappa shape index (κ2) is 6.04. The predicted molar refractivity (Wildman–Crippen MR) is 78.8 cm³/mol. The first-order chi connectivity index (χ1) is 9.56. The smallest absolute Gasteiger partial charge is 0.311 e. The molecule has 0 amide bonds. The third kappa shape index (κ3) is 2.82. The lowest BCUT2D eigenvalue weighted by Gasteiger charge is -2.26. The summed E-state index contributed by atoms with van der Waals surface area (Å²) in [5, 5.41) is 11.1. The van der Waals surface area contributed by atoms with Crippen LogP contribution in [0.3, 0.4) is 0 Å². The van der Waals surface area contributed by atoms with Crippen LogP contribution >= 0.6 is 0 Å². The van der Waals surface area contributed by atoms with E-state index in [4.69, 9.17) is 5.73 Å². The molecule has 0 aliphatic carbocycles. The number of nitrogen functional groups attached to an aromatic ring is 1. The van der Waals surface area contributed by atoms with Gasteiger partial charge in [-0.05, 0) is 25.6 Å². The lowest BCUT2D eigenvalue weighted by molar-refractivity contribution is -0.384. The number of rotatable bonds is 5. The van der Waals surface area contributed by atoms with Gasteiger partial charge in [-0.3, -0.25) is 15.0 Å². The maximum Gasteiger partial charge on any atom is 0.311 e. The number of anilines is 2. The summed E-state index contributed by atoms with van der Waals surface area (Å²) in [6.45, 7) is 7.78. The van der Waals surface area contributed by atoms with Crippen molar-refractivity contribution < 1.29 is 4.92 Å². The molecular formula is C13H21N5O2. The van der Waals surface area contributed by atoms with Crippen molar-refractivity contribution in [2.75, 3.05) is 36.8 Å². The van der Waals surface area contributed by atoms with E-state index in [1.54, 1.807) is 0 Å². The van der Waals surface area contributed by atoms with E-state index < -0.39 is 4.92 Å². The number of nitrogens with zero attached hydrogens (tertiary/aromatic N) is 4. The SMILES string of the molecule is CCN(CC)C1CCN(c2nc(N)ccc2[N+](=O)[O-])C1. The lowest BCUT2D eigenvalue weighted by Crippen LogP contribution is -2.37. The molecule has 0 bridgehead atoms. The first kappa shape index (κ1) is 14.5. The van der Waals surface area contributed by atoms with Crippen molar-refractivity contribution >= 4 is 17.3 Å². The van der Waals surface area contributed by atoms with E-state index in [1.807, 2.05) is 4.90 Å². The molecule has 1 aromatic heterocycles. The highest BCUT2D eigenvalue weighted by Gasteiger charge is 2.31. The highest BCUT2D eigenvalue weighted by molar-refractivity contribution is 5.61. The van der Waals surface area contributed by atoms with Gasteiger partial charge in [-0.15, -0.1) is 0 Å². The topological polar surface area (TPSA) is 88.5 Å². The molecule has 1 aromatic rings. The summed E-state index contributed by atoms with van der Waals surface area (Å²) in [5.41, 5.74) is 5.70. The van der Waals surface area contributed by atoms with E-state index in [0.29, 0.717) is 17.7 Å². The van der Waals surface area contributed by atoms with Gasteiger partial charge in [-0.1, -0.05) is 13.8 Å². The summed E-state index contributed by atoms with van der Waals surface area (Å²) in [6.07, 6.45) is 0.995. The lowest BCUT2D eigenvalue weighted by atomic mass is 10.2. The summed E-state index contributed by atoms with van der Waals surface area (Å²) < 4.78 is 0. The molecule has 0 spiro atoms. The number of hydrogen-bond acceptors (Lipinski definition) is 6. The molecule has 0 radical (unpaired) electrons. The van der Waals surface area contributed by atoms with Crippen LogP contribution in [0.15, 0.2) is 12.1 Å². The van der Waals surface area contributed by atoms with E-state index in [-0.39, 0.29) is 5.69 Å². The minimum Gasteiger partial charge on any atom is -0.384 e. The van der Waals surface area contributed by atoms with Gasteiger partial charge in [-0.2, -0.15) is 0 Å². The Hall–Kier alpha value is -1.89. The number of pyridine rings is 1. The molecule has 1 aliphatic rings. The Kier molecular flexibility index (Phi) is 4.39. The summed E-state index contributed by atoms with van der Waals surface area (Å²) >= 11 is 0. The summed E-state index contributed by atoms with van der Waals surface area (Å²) in [4.78, 5) is 19.2. The van der Waals surface area contributed by atoms with Crippen LogP contribution in [-0.2, 0) is 0 Å². The molecule has 2 heterocycles. The molecule has 20 heavy (non-hydrogen) atoms. The van der Waals surface area contributed by atoms with Crippen LogP contribution in [0.4, 0.5) is 17.3 Å². The van der Waals surface area contributed by atoms with Gasteiger partial charge in [0.25, 0.3) is 0 Å².